The van der Waals surface area contributed by atoms with Crippen molar-refractivity contribution in [1.82, 2.24) is 0 Å². The molecule has 1 saturated heterocycles. The zero-order valence-corrected chi connectivity index (χ0v) is 16.3. The number of ether oxygens (including phenoxy) is 6. The van der Waals surface area contributed by atoms with Crippen molar-refractivity contribution >= 4 is 17.7 Å². The summed E-state index contributed by atoms with van der Waals surface area (Å²) < 4.78 is 31.5. The van der Waals surface area contributed by atoms with Gasteiger partial charge in [-0.25, -0.2) is 0 Å². The maximum atomic E-state index is 11.8. The summed E-state index contributed by atoms with van der Waals surface area (Å²) in [5, 5.41) is 0. The summed E-state index contributed by atoms with van der Waals surface area (Å²) in [5.74, 6) is -2.07. The number of Topliss-reactive ketones (excluding diaryl/α,β-unsaturated/α-hetero) is 1. The molecular weight excluding hydrogens is 360 g/mol. The number of hydrogen-bond acceptors (Lipinski definition) is 9. The molecule has 0 bridgehead atoms. The second-order valence-corrected chi connectivity index (χ2v) is 6.18. The fourth-order valence-electron chi connectivity index (χ4n) is 2.33. The third kappa shape index (κ3) is 9.81. The molecule has 0 aromatic rings. The van der Waals surface area contributed by atoms with Gasteiger partial charge in [-0.1, -0.05) is 0 Å². The van der Waals surface area contributed by atoms with E-state index in [1.54, 1.807) is 7.11 Å². The first-order valence-electron chi connectivity index (χ1n) is 9.09. The maximum Gasteiger partial charge on any atom is 0.308 e. The molecule has 0 spiro atoms. The van der Waals surface area contributed by atoms with E-state index < -0.39 is 17.9 Å². The highest BCUT2D eigenvalue weighted by Crippen LogP contribution is 2.29. The Morgan fingerprint density at radius 2 is 1.67 bits per heavy atom. The molecule has 0 aromatic carbocycles. The Hall–Kier alpha value is -1.55. The minimum Gasteiger partial charge on any atom is -0.465 e. The first kappa shape index (κ1) is 23.5. The molecule has 0 saturated carbocycles. The highest BCUT2D eigenvalue weighted by Gasteiger charge is 2.37. The van der Waals surface area contributed by atoms with Crippen molar-refractivity contribution in [2.45, 2.75) is 51.4 Å². The summed E-state index contributed by atoms with van der Waals surface area (Å²) in [5.41, 5.74) is 0. The van der Waals surface area contributed by atoms with Gasteiger partial charge >= 0.3 is 11.9 Å². The van der Waals surface area contributed by atoms with Gasteiger partial charge in [-0.2, -0.15) is 0 Å². The average molecular weight is 390 g/mol. The molecule has 0 amide bonds. The Kier molecular flexibility index (Phi) is 11.1. The SMILES string of the molecule is COCCOCCC(=O)OCCC1(CCC(=O)OC(C)C(C)=O)OCCO1. The largest absolute Gasteiger partial charge is 0.465 e. The van der Waals surface area contributed by atoms with E-state index in [0.717, 1.165) is 0 Å². The van der Waals surface area contributed by atoms with Gasteiger partial charge in [-0.3, -0.25) is 14.4 Å². The number of carbonyl (C=O) groups excluding carboxylic acids is 3. The fraction of sp³-hybridized carbons (Fsp3) is 0.833. The first-order chi connectivity index (χ1) is 12.9. The highest BCUT2D eigenvalue weighted by molar-refractivity contribution is 5.83. The molecule has 1 fully saturated rings. The van der Waals surface area contributed by atoms with Crippen molar-refractivity contribution in [2.24, 2.45) is 0 Å². The predicted molar refractivity (Wildman–Crippen MR) is 93.0 cm³/mol. The summed E-state index contributed by atoms with van der Waals surface area (Å²) in [4.78, 5) is 34.7. The smallest absolute Gasteiger partial charge is 0.308 e. The van der Waals surface area contributed by atoms with Crippen LogP contribution in [0.4, 0.5) is 0 Å². The molecule has 27 heavy (non-hydrogen) atoms. The molecule has 1 atom stereocenters. The lowest BCUT2D eigenvalue weighted by molar-refractivity contribution is -0.184. The van der Waals surface area contributed by atoms with Crippen LogP contribution in [0.5, 0.6) is 0 Å². The zero-order valence-electron chi connectivity index (χ0n) is 16.3. The number of rotatable bonds is 14. The molecule has 156 valence electrons. The number of methoxy groups -OCH3 is 1. The molecule has 1 heterocycles. The Balaban J connectivity index is 2.28. The fourth-order valence-corrected chi connectivity index (χ4v) is 2.33. The Morgan fingerprint density at radius 1 is 0.963 bits per heavy atom. The van der Waals surface area contributed by atoms with E-state index in [9.17, 15) is 14.4 Å². The van der Waals surface area contributed by atoms with Crippen LogP contribution in [0.2, 0.25) is 0 Å². The van der Waals surface area contributed by atoms with Crippen LogP contribution in [0.3, 0.4) is 0 Å². The molecule has 0 radical (unpaired) electrons. The third-order valence-corrected chi connectivity index (χ3v) is 4.03. The van der Waals surface area contributed by atoms with Crippen molar-refractivity contribution in [3.05, 3.63) is 0 Å². The van der Waals surface area contributed by atoms with Gasteiger partial charge in [0, 0.05) is 20.0 Å². The van der Waals surface area contributed by atoms with Crippen molar-refractivity contribution in [3.8, 4) is 0 Å². The standard InChI is InChI=1S/C18H30O9/c1-14(19)15(2)27-17(21)4-6-18(25-12-13-26-18)7-9-24-16(20)5-8-23-11-10-22-3/h15H,4-13H2,1-3H3. The van der Waals surface area contributed by atoms with Crippen LogP contribution in [0.1, 0.15) is 39.5 Å². The van der Waals surface area contributed by atoms with Gasteiger partial charge in [0.1, 0.15) is 0 Å². The predicted octanol–water partition coefficient (Wildman–Crippen LogP) is 1.02. The number of hydrogen-bond donors (Lipinski definition) is 0. The first-order valence-corrected chi connectivity index (χ1v) is 9.09. The Labute approximate surface area is 159 Å². The second kappa shape index (κ2) is 12.8. The monoisotopic (exact) mass is 390 g/mol. The van der Waals surface area contributed by atoms with Crippen molar-refractivity contribution < 1.29 is 42.8 Å². The molecular formula is C18H30O9. The van der Waals surface area contributed by atoms with E-state index in [1.807, 2.05) is 0 Å². The molecule has 0 aromatic heterocycles. The molecule has 1 unspecified atom stereocenters. The topological polar surface area (TPSA) is 107 Å². The molecule has 1 rings (SSSR count). The number of carbonyl (C=O) groups is 3. The molecule has 9 nitrogen and oxygen atoms in total. The van der Waals surface area contributed by atoms with Gasteiger partial charge in [0.25, 0.3) is 0 Å². The van der Waals surface area contributed by atoms with Crippen LogP contribution in [-0.2, 0) is 42.8 Å². The molecule has 0 N–H and O–H groups in total. The van der Waals surface area contributed by atoms with Gasteiger partial charge in [0.15, 0.2) is 17.7 Å². The molecule has 9 heteroatoms. The van der Waals surface area contributed by atoms with Gasteiger partial charge in [0.2, 0.25) is 0 Å². The van der Waals surface area contributed by atoms with E-state index in [0.29, 0.717) is 32.8 Å². The summed E-state index contributed by atoms with van der Waals surface area (Å²) in [6.45, 7) is 4.96. The van der Waals surface area contributed by atoms with Gasteiger partial charge < -0.3 is 28.4 Å². The maximum absolute atomic E-state index is 11.8. The lowest BCUT2D eigenvalue weighted by Gasteiger charge is -2.27. The van der Waals surface area contributed by atoms with E-state index >= 15 is 0 Å². The molecule has 0 aliphatic carbocycles. The third-order valence-electron chi connectivity index (χ3n) is 4.03. The normalized spacial score (nSPS) is 16.7. The minimum absolute atomic E-state index is 0.0406. The van der Waals surface area contributed by atoms with Crippen molar-refractivity contribution in [1.29, 1.82) is 0 Å². The molecule has 1 aliphatic rings. The van der Waals surface area contributed by atoms with Crippen molar-refractivity contribution in [3.63, 3.8) is 0 Å². The lowest BCUT2D eigenvalue weighted by atomic mass is 10.1. The summed E-state index contributed by atoms with van der Waals surface area (Å²) in [6.07, 6.45) is -0.0227. The summed E-state index contributed by atoms with van der Waals surface area (Å²) in [6, 6.07) is 0. The van der Waals surface area contributed by atoms with Crippen LogP contribution < -0.4 is 0 Å². The number of esters is 2. The van der Waals surface area contributed by atoms with E-state index in [4.69, 9.17) is 28.4 Å². The highest BCUT2D eigenvalue weighted by atomic mass is 16.7. The summed E-state index contributed by atoms with van der Waals surface area (Å²) in [7, 11) is 1.57. The van der Waals surface area contributed by atoms with Crippen LogP contribution >= 0.6 is 0 Å². The van der Waals surface area contributed by atoms with E-state index in [1.165, 1.54) is 13.8 Å². The minimum atomic E-state index is -0.978. The van der Waals surface area contributed by atoms with E-state index in [-0.39, 0.29) is 44.2 Å². The average Bonchev–Trinajstić information content (AvgIpc) is 3.09. The van der Waals surface area contributed by atoms with Gasteiger partial charge in [0.05, 0.1) is 52.5 Å². The van der Waals surface area contributed by atoms with Crippen LogP contribution in [0, 0.1) is 0 Å². The quantitative estimate of drug-likeness (QED) is 0.317. The van der Waals surface area contributed by atoms with E-state index in [2.05, 4.69) is 0 Å². The lowest BCUT2D eigenvalue weighted by Crippen LogP contribution is -2.33. The van der Waals surface area contributed by atoms with Gasteiger partial charge in [-0.15, -0.1) is 0 Å². The Morgan fingerprint density at radius 3 is 2.30 bits per heavy atom. The van der Waals surface area contributed by atoms with Crippen molar-refractivity contribution in [2.75, 3.05) is 46.8 Å². The number of ketones is 1. The second-order valence-electron chi connectivity index (χ2n) is 6.18. The zero-order chi connectivity index (χ0) is 20.1. The van der Waals surface area contributed by atoms with Crippen LogP contribution in [-0.4, -0.2) is 76.4 Å². The van der Waals surface area contributed by atoms with Gasteiger partial charge in [-0.05, 0) is 13.8 Å². The van der Waals surface area contributed by atoms with Crippen LogP contribution in [0.25, 0.3) is 0 Å². The molecule has 1 aliphatic heterocycles. The van der Waals surface area contributed by atoms with Crippen LogP contribution in [0.15, 0.2) is 0 Å². The Bertz CT molecular complexity index is 471. The summed E-state index contributed by atoms with van der Waals surface area (Å²) >= 11 is 0.